The van der Waals surface area contributed by atoms with Gasteiger partial charge in [-0.2, -0.15) is 0 Å². The van der Waals surface area contributed by atoms with Gasteiger partial charge in [0, 0.05) is 37.1 Å². The van der Waals surface area contributed by atoms with Crippen LogP contribution in [0.5, 0.6) is 0 Å². The zero-order valence-corrected chi connectivity index (χ0v) is 18.9. The summed E-state index contributed by atoms with van der Waals surface area (Å²) in [4.78, 5) is 6.77. The first-order chi connectivity index (χ1) is 15.8. The molecule has 8 heteroatoms. The molecule has 7 nitrogen and oxygen atoms in total. The lowest BCUT2D eigenvalue weighted by molar-refractivity contribution is 0.0571. The zero-order valence-electron chi connectivity index (χ0n) is 18.2. The van der Waals surface area contributed by atoms with Gasteiger partial charge in [-0.15, -0.1) is 5.10 Å². The number of aromatic nitrogens is 5. The summed E-state index contributed by atoms with van der Waals surface area (Å²) in [6.07, 6.45) is 10.8. The van der Waals surface area contributed by atoms with E-state index in [4.69, 9.17) is 16.3 Å². The van der Waals surface area contributed by atoms with Crippen LogP contribution >= 0.6 is 11.6 Å². The van der Waals surface area contributed by atoms with Crippen LogP contribution in [0.4, 0.5) is 0 Å². The SMILES string of the molecule is Clc1ccc([C@H](c2nnnn2C2CCCC2)N(Cc2cccnc2)C[C@H]2CCCO2)cc1. The van der Waals surface area contributed by atoms with E-state index in [-0.39, 0.29) is 12.1 Å². The Hall–Kier alpha value is -2.35. The molecule has 0 bridgehead atoms. The molecule has 2 aromatic heterocycles. The number of nitrogens with zero attached hydrogens (tertiary/aromatic N) is 6. The second kappa shape index (κ2) is 10.1. The van der Waals surface area contributed by atoms with Gasteiger partial charge < -0.3 is 4.74 Å². The summed E-state index contributed by atoms with van der Waals surface area (Å²) in [6, 6.07) is 12.4. The molecule has 2 atom stereocenters. The summed E-state index contributed by atoms with van der Waals surface area (Å²) in [5.74, 6) is 0.890. The number of pyridine rings is 1. The maximum atomic E-state index is 6.24. The predicted octanol–water partition coefficient (Wildman–Crippen LogP) is 4.61. The molecular formula is C24H29ClN6O. The highest BCUT2D eigenvalue weighted by Crippen LogP contribution is 2.35. The smallest absolute Gasteiger partial charge is 0.173 e. The Kier molecular flexibility index (Phi) is 6.76. The summed E-state index contributed by atoms with van der Waals surface area (Å²) < 4.78 is 8.10. The topological polar surface area (TPSA) is 69.0 Å². The molecule has 1 saturated heterocycles. The lowest BCUT2D eigenvalue weighted by atomic mass is 10.0. The summed E-state index contributed by atoms with van der Waals surface area (Å²) >= 11 is 6.24. The van der Waals surface area contributed by atoms with Crippen molar-refractivity contribution in [2.75, 3.05) is 13.2 Å². The Morgan fingerprint density at radius 3 is 2.66 bits per heavy atom. The van der Waals surface area contributed by atoms with E-state index in [1.165, 1.54) is 12.8 Å². The number of hydrogen-bond acceptors (Lipinski definition) is 6. The minimum atomic E-state index is -0.104. The van der Waals surface area contributed by atoms with Gasteiger partial charge in [-0.3, -0.25) is 9.88 Å². The molecule has 168 valence electrons. The molecule has 5 rings (SSSR count). The third kappa shape index (κ3) is 4.85. The number of rotatable bonds is 8. The van der Waals surface area contributed by atoms with Gasteiger partial charge in [0.25, 0.3) is 0 Å². The molecule has 0 N–H and O–H groups in total. The molecule has 1 saturated carbocycles. The Morgan fingerprint density at radius 2 is 1.94 bits per heavy atom. The molecule has 1 aliphatic heterocycles. The summed E-state index contributed by atoms with van der Waals surface area (Å²) in [7, 11) is 0. The lowest BCUT2D eigenvalue weighted by Crippen LogP contribution is -2.37. The van der Waals surface area contributed by atoms with Crippen LogP contribution in [0.3, 0.4) is 0 Å². The van der Waals surface area contributed by atoms with Gasteiger partial charge in [0.05, 0.1) is 18.2 Å². The molecular weight excluding hydrogens is 424 g/mol. The highest BCUT2D eigenvalue weighted by atomic mass is 35.5. The Bertz CT molecular complexity index is 983. The Balaban J connectivity index is 1.55. The number of tetrazole rings is 1. The van der Waals surface area contributed by atoms with Gasteiger partial charge in [0.15, 0.2) is 5.82 Å². The van der Waals surface area contributed by atoms with Gasteiger partial charge in [-0.05, 0) is 65.4 Å². The molecule has 0 unspecified atom stereocenters. The number of halogens is 1. The monoisotopic (exact) mass is 452 g/mol. The average molecular weight is 453 g/mol. The van der Waals surface area contributed by atoms with E-state index in [1.54, 1.807) is 0 Å². The second-order valence-electron chi connectivity index (χ2n) is 8.80. The van der Waals surface area contributed by atoms with Crippen LogP contribution in [0, 0.1) is 0 Å². The third-order valence-corrected chi connectivity index (χ3v) is 6.81. The zero-order chi connectivity index (χ0) is 21.8. The predicted molar refractivity (Wildman–Crippen MR) is 122 cm³/mol. The molecule has 0 spiro atoms. The van der Waals surface area contributed by atoms with Crippen LogP contribution in [0.25, 0.3) is 0 Å². The molecule has 2 aliphatic rings. The fraction of sp³-hybridized carbons (Fsp3) is 0.500. The van der Waals surface area contributed by atoms with Crippen molar-refractivity contribution in [2.45, 2.75) is 63.3 Å². The van der Waals surface area contributed by atoms with Gasteiger partial charge in [-0.1, -0.05) is 42.6 Å². The minimum Gasteiger partial charge on any atom is -0.377 e. The van der Waals surface area contributed by atoms with Gasteiger partial charge in [0.2, 0.25) is 0 Å². The Morgan fingerprint density at radius 1 is 1.09 bits per heavy atom. The highest BCUT2D eigenvalue weighted by molar-refractivity contribution is 6.30. The van der Waals surface area contributed by atoms with E-state index in [2.05, 4.69) is 48.3 Å². The van der Waals surface area contributed by atoms with Crippen LogP contribution in [0.15, 0.2) is 48.8 Å². The van der Waals surface area contributed by atoms with Crippen molar-refractivity contribution in [1.29, 1.82) is 0 Å². The van der Waals surface area contributed by atoms with Crippen molar-refractivity contribution in [3.05, 3.63) is 70.8 Å². The van der Waals surface area contributed by atoms with E-state index >= 15 is 0 Å². The van der Waals surface area contributed by atoms with Crippen molar-refractivity contribution in [3.63, 3.8) is 0 Å². The molecule has 3 heterocycles. The summed E-state index contributed by atoms with van der Waals surface area (Å²) in [5, 5.41) is 13.9. The van der Waals surface area contributed by atoms with E-state index in [1.807, 2.05) is 30.6 Å². The van der Waals surface area contributed by atoms with Crippen LogP contribution in [0.1, 0.15) is 67.6 Å². The molecule has 1 aliphatic carbocycles. The van der Waals surface area contributed by atoms with Gasteiger partial charge >= 0.3 is 0 Å². The fourth-order valence-electron chi connectivity index (χ4n) is 5.00. The standard InChI is InChI=1S/C24H29ClN6O/c25-20-11-9-19(10-12-20)23(24-27-28-29-31(24)21-6-1-2-7-21)30(17-22-8-4-14-32-22)16-18-5-3-13-26-15-18/h3,5,9-13,15,21-23H,1-2,4,6-8,14,16-17H2/t22-,23-/m1/s1. The Labute approximate surface area is 193 Å². The molecule has 2 fully saturated rings. The quantitative estimate of drug-likeness (QED) is 0.497. The lowest BCUT2D eigenvalue weighted by Gasteiger charge is -2.33. The average Bonchev–Trinajstić information content (AvgIpc) is 3.59. The first kappa shape index (κ1) is 21.5. The van der Waals surface area contributed by atoms with Crippen molar-refractivity contribution >= 4 is 11.6 Å². The number of hydrogen-bond donors (Lipinski definition) is 0. The molecule has 0 radical (unpaired) electrons. The number of ether oxygens (including phenoxy) is 1. The van der Waals surface area contributed by atoms with Crippen LogP contribution in [-0.4, -0.2) is 49.3 Å². The molecule has 3 aromatic rings. The molecule has 32 heavy (non-hydrogen) atoms. The first-order valence-corrected chi connectivity index (χ1v) is 11.9. The molecule has 1 aromatic carbocycles. The summed E-state index contributed by atoms with van der Waals surface area (Å²) in [5.41, 5.74) is 2.29. The van der Waals surface area contributed by atoms with Crippen molar-refractivity contribution in [3.8, 4) is 0 Å². The fourth-order valence-corrected chi connectivity index (χ4v) is 5.12. The third-order valence-electron chi connectivity index (χ3n) is 6.55. The van der Waals surface area contributed by atoms with Gasteiger partial charge in [-0.25, -0.2) is 4.68 Å². The maximum absolute atomic E-state index is 6.24. The highest BCUT2D eigenvalue weighted by Gasteiger charge is 2.33. The largest absolute Gasteiger partial charge is 0.377 e. The molecule has 0 amide bonds. The first-order valence-electron chi connectivity index (χ1n) is 11.6. The van der Waals surface area contributed by atoms with Crippen LogP contribution in [-0.2, 0) is 11.3 Å². The van der Waals surface area contributed by atoms with Crippen molar-refractivity contribution < 1.29 is 4.74 Å². The van der Waals surface area contributed by atoms with E-state index < -0.39 is 0 Å². The van der Waals surface area contributed by atoms with E-state index in [0.717, 1.165) is 67.4 Å². The number of benzene rings is 1. The second-order valence-corrected chi connectivity index (χ2v) is 9.24. The van der Waals surface area contributed by atoms with Crippen molar-refractivity contribution in [1.82, 2.24) is 30.1 Å². The van der Waals surface area contributed by atoms with E-state index in [9.17, 15) is 0 Å². The maximum Gasteiger partial charge on any atom is 0.173 e. The van der Waals surface area contributed by atoms with Crippen LogP contribution in [0.2, 0.25) is 5.02 Å². The summed E-state index contributed by atoms with van der Waals surface area (Å²) in [6.45, 7) is 2.37. The minimum absolute atomic E-state index is 0.104. The van der Waals surface area contributed by atoms with E-state index in [0.29, 0.717) is 6.04 Å². The van der Waals surface area contributed by atoms with Gasteiger partial charge in [0.1, 0.15) is 0 Å². The van der Waals surface area contributed by atoms with Crippen molar-refractivity contribution in [2.24, 2.45) is 0 Å². The van der Waals surface area contributed by atoms with Crippen LogP contribution < -0.4 is 0 Å². The normalized spacial score (nSPS) is 20.2.